The second-order valence-electron chi connectivity index (χ2n) is 3.99. The van der Waals surface area contributed by atoms with Crippen LogP contribution in [-0.2, 0) is 17.6 Å². The Bertz CT molecular complexity index is 401. The van der Waals surface area contributed by atoms with Gasteiger partial charge < -0.3 is 16.6 Å². The predicted octanol–water partition coefficient (Wildman–Crippen LogP) is 0.510. The van der Waals surface area contributed by atoms with E-state index in [0.717, 1.165) is 17.5 Å². The van der Waals surface area contributed by atoms with Crippen molar-refractivity contribution < 1.29 is 9.90 Å². The Morgan fingerprint density at radius 3 is 2.29 bits per heavy atom. The summed E-state index contributed by atoms with van der Waals surface area (Å²) in [6.45, 7) is 0. The molecule has 1 rings (SSSR count). The Labute approximate surface area is 99.9 Å². The Morgan fingerprint density at radius 2 is 1.82 bits per heavy atom. The van der Waals surface area contributed by atoms with Crippen LogP contribution < -0.4 is 11.5 Å². The molecule has 0 saturated heterocycles. The fraction of sp³-hybridized carbons (Fsp3) is 0.333. The van der Waals surface area contributed by atoms with E-state index < -0.39 is 12.0 Å². The molecule has 0 bridgehead atoms. The van der Waals surface area contributed by atoms with Crippen molar-refractivity contribution in [2.75, 3.05) is 0 Å². The molecule has 0 aliphatic heterocycles. The Morgan fingerprint density at radius 1 is 1.29 bits per heavy atom. The largest absolute Gasteiger partial charge is 0.480 e. The molecule has 0 heterocycles. The van der Waals surface area contributed by atoms with Crippen LogP contribution in [-0.4, -0.2) is 23.0 Å². The maximum atomic E-state index is 10.6. The molecule has 5 heteroatoms. The van der Waals surface area contributed by atoms with E-state index in [0.29, 0.717) is 12.8 Å². The zero-order valence-electron chi connectivity index (χ0n) is 9.52. The van der Waals surface area contributed by atoms with E-state index in [2.05, 4.69) is 0 Å². The van der Waals surface area contributed by atoms with Gasteiger partial charge in [-0.15, -0.1) is 0 Å². The van der Waals surface area contributed by atoms with Gasteiger partial charge in [0.15, 0.2) is 0 Å². The normalized spacial score (nSPS) is 12.1. The van der Waals surface area contributed by atoms with Crippen LogP contribution in [0.3, 0.4) is 0 Å². The lowest BCUT2D eigenvalue weighted by atomic mass is 10.0. The Balaban J connectivity index is 2.55. The van der Waals surface area contributed by atoms with Gasteiger partial charge in [-0.05, 0) is 24.0 Å². The van der Waals surface area contributed by atoms with Crippen molar-refractivity contribution in [1.82, 2.24) is 0 Å². The molecule has 0 radical (unpaired) electrons. The molecule has 0 spiro atoms. The summed E-state index contributed by atoms with van der Waals surface area (Å²) < 4.78 is 0. The fourth-order valence-corrected chi connectivity index (χ4v) is 1.46. The van der Waals surface area contributed by atoms with E-state index >= 15 is 0 Å². The molecule has 1 aromatic carbocycles. The molecule has 17 heavy (non-hydrogen) atoms. The van der Waals surface area contributed by atoms with Gasteiger partial charge >= 0.3 is 5.97 Å². The maximum absolute atomic E-state index is 10.6. The fourth-order valence-electron chi connectivity index (χ4n) is 1.46. The quantitative estimate of drug-likeness (QED) is 0.425. The van der Waals surface area contributed by atoms with Crippen LogP contribution in [0.5, 0.6) is 0 Å². The van der Waals surface area contributed by atoms with Gasteiger partial charge in [-0.3, -0.25) is 10.2 Å². The van der Waals surface area contributed by atoms with Crippen LogP contribution in [0, 0.1) is 5.41 Å². The van der Waals surface area contributed by atoms with Crippen LogP contribution in [0.25, 0.3) is 0 Å². The SMILES string of the molecule is N=C(N)CCc1ccc(CC(N)C(=O)O)cc1. The highest BCUT2D eigenvalue weighted by Crippen LogP contribution is 2.08. The molecule has 1 unspecified atom stereocenters. The number of benzene rings is 1. The third-order valence-corrected chi connectivity index (χ3v) is 2.48. The minimum absolute atomic E-state index is 0.168. The zero-order valence-corrected chi connectivity index (χ0v) is 9.52. The Hall–Kier alpha value is -1.88. The molecule has 1 atom stereocenters. The number of carboxylic acids is 1. The molecule has 6 N–H and O–H groups in total. The van der Waals surface area contributed by atoms with E-state index in [-0.39, 0.29) is 5.84 Å². The molecule has 0 aliphatic rings. The van der Waals surface area contributed by atoms with E-state index in [1.165, 1.54) is 0 Å². The lowest BCUT2D eigenvalue weighted by Crippen LogP contribution is -2.32. The summed E-state index contributed by atoms with van der Waals surface area (Å²) in [5.74, 6) is -0.826. The highest BCUT2D eigenvalue weighted by atomic mass is 16.4. The number of hydrogen-bond donors (Lipinski definition) is 4. The summed E-state index contributed by atoms with van der Waals surface area (Å²) in [5.41, 5.74) is 12.7. The van der Waals surface area contributed by atoms with E-state index in [4.69, 9.17) is 22.0 Å². The topological polar surface area (TPSA) is 113 Å². The van der Waals surface area contributed by atoms with Crippen molar-refractivity contribution in [2.45, 2.75) is 25.3 Å². The third-order valence-electron chi connectivity index (χ3n) is 2.48. The minimum atomic E-state index is -0.995. The van der Waals surface area contributed by atoms with Gasteiger partial charge in [-0.25, -0.2) is 0 Å². The summed E-state index contributed by atoms with van der Waals surface area (Å²) >= 11 is 0. The molecule has 0 amide bonds. The van der Waals surface area contributed by atoms with Gasteiger partial charge in [0, 0.05) is 6.42 Å². The first kappa shape index (κ1) is 13.2. The van der Waals surface area contributed by atoms with Crippen LogP contribution in [0.4, 0.5) is 0 Å². The highest BCUT2D eigenvalue weighted by Gasteiger charge is 2.11. The summed E-state index contributed by atoms with van der Waals surface area (Å²) in [6.07, 6.45) is 1.58. The van der Waals surface area contributed by atoms with Crippen molar-refractivity contribution in [3.8, 4) is 0 Å². The first-order valence-corrected chi connectivity index (χ1v) is 5.38. The molecular formula is C12H17N3O2. The molecule has 0 fully saturated rings. The van der Waals surface area contributed by atoms with Crippen LogP contribution in [0.15, 0.2) is 24.3 Å². The average Bonchev–Trinajstić information content (AvgIpc) is 2.28. The number of aryl methyl sites for hydroxylation is 1. The number of amidine groups is 1. The zero-order chi connectivity index (χ0) is 12.8. The molecule has 0 saturated carbocycles. The minimum Gasteiger partial charge on any atom is -0.480 e. The number of aliphatic carboxylic acids is 1. The molecule has 5 nitrogen and oxygen atoms in total. The van der Waals surface area contributed by atoms with E-state index in [9.17, 15) is 4.79 Å². The summed E-state index contributed by atoms with van der Waals surface area (Å²) in [7, 11) is 0. The first-order valence-electron chi connectivity index (χ1n) is 5.38. The van der Waals surface area contributed by atoms with Crippen molar-refractivity contribution in [3.05, 3.63) is 35.4 Å². The van der Waals surface area contributed by atoms with Gasteiger partial charge in [0.25, 0.3) is 0 Å². The van der Waals surface area contributed by atoms with Gasteiger partial charge in [0.2, 0.25) is 0 Å². The summed E-state index contributed by atoms with van der Waals surface area (Å²) in [5, 5.41) is 15.8. The highest BCUT2D eigenvalue weighted by molar-refractivity contribution is 5.77. The van der Waals surface area contributed by atoms with Crippen molar-refractivity contribution in [3.63, 3.8) is 0 Å². The number of carbonyl (C=O) groups is 1. The monoisotopic (exact) mass is 235 g/mol. The summed E-state index contributed by atoms with van der Waals surface area (Å²) in [6, 6.07) is 6.68. The van der Waals surface area contributed by atoms with Crippen LogP contribution in [0.2, 0.25) is 0 Å². The van der Waals surface area contributed by atoms with Gasteiger partial charge in [0.05, 0.1) is 5.84 Å². The van der Waals surface area contributed by atoms with Crippen molar-refractivity contribution in [2.24, 2.45) is 11.5 Å². The summed E-state index contributed by atoms with van der Waals surface area (Å²) in [4.78, 5) is 10.6. The first-order chi connectivity index (χ1) is 7.99. The standard InChI is InChI=1S/C12H17N3O2/c13-10(12(16)17)7-9-3-1-8(2-4-9)5-6-11(14)15/h1-4,10H,5-7,13H2,(H3,14,15)(H,16,17). The predicted molar refractivity (Wildman–Crippen MR) is 66.0 cm³/mol. The lowest BCUT2D eigenvalue weighted by Gasteiger charge is -2.07. The van der Waals surface area contributed by atoms with Gasteiger partial charge in [-0.2, -0.15) is 0 Å². The number of rotatable bonds is 6. The van der Waals surface area contributed by atoms with E-state index in [1.54, 1.807) is 0 Å². The second kappa shape index (κ2) is 6.00. The number of nitrogens with one attached hydrogen (secondary N) is 1. The van der Waals surface area contributed by atoms with Gasteiger partial charge in [0.1, 0.15) is 6.04 Å². The smallest absolute Gasteiger partial charge is 0.320 e. The molecule has 0 aliphatic carbocycles. The number of hydrogen-bond acceptors (Lipinski definition) is 3. The molecule has 92 valence electrons. The molecule has 1 aromatic rings. The molecule has 0 aromatic heterocycles. The molecular weight excluding hydrogens is 218 g/mol. The second-order valence-corrected chi connectivity index (χ2v) is 3.99. The van der Waals surface area contributed by atoms with Gasteiger partial charge in [-0.1, -0.05) is 24.3 Å². The lowest BCUT2D eigenvalue weighted by molar-refractivity contribution is -0.138. The Kier molecular flexibility index (Phi) is 4.66. The van der Waals surface area contributed by atoms with Crippen molar-refractivity contribution in [1.29, 1.82) is 5.41 Å². The van der Waals surface area contributed by atoms with Crippen molar-refractivity contribution >= 4 is 11.8 Å². The number of nitrogens with two attached hydrogens (primary N) is 2. The number of carboxylic acid groups (broad SMARTS) is 1. The van der Waals surface area contributed by atoms with Crippen LogP contribution >= 0.6 is 0 Å². The third kappa shape index (κ3) is 4.65. The van der Waals surface area contributed by atoms with Crippen LogP contribution in [0.1, 0.15) is 17.5 Å². The average molecular weight is 235 g/mol. The maximum Gasteiger partial charge on any atom is 0.320 e. The van der Waals surface area contributed by atoms with E-state index in [1.807, 2.05) is 24.3 Å².